The van der Waals surface area contributed by atoms with Gasteiger partial charge in [-0.25, -0.2) is 13.8 Å². The van der Waals surface area contributed by atoms with Crippen molar-refractivity contribution in [3.8, 4) is 0 Å². The molecule has 3 saturated carbocycles. The number of ether oxygens (including phenoxy) is 1. The molecular weight excluding hydrogens is 656 g/mol. The molecule has 7 N–H and O–H groups in total. The normalized spacial score (nSPS) is 44.8. The van der Waals surface area contributed by atoms with Crippen LogP contribution >= 0.6 is 7.82 Å². The van der Waals surface area contributed by atoms with Gasteiger partial charge in [-0.1, -0.05) is 25.5 Å². The number of nitrogen functional groups attached to an aromatic ring is 1. The predicted molar refractivity (Wildman–Crippen MR) is 163 cm³/mol. The zero-order chi connectivity index (χ0) is 35.2. The number of fused-ring (bicyclic) bond motifs is 5. The number of aliphatic hydroxyl groups excluding tert-OH is 3. The van der Waals surface area contributed by atoms with Gasteiger partial charge in [-0.05, 0) is 62.7 Å². The Balaban J connectivity index is 1.14. The average Bonchev–Trinajstić information content (AvgIpc) is 3.41. The first-order valence-corrected chi connectivity index (χ1v) is 17.3. The van der Waals surface area contributed by atoms with E-state index in [2.05, 4.69) is 4.98 Å². The van der Waals surface area contributed by atoms with Crippen molar-refractivity contribution >= 4 is 25.2 Å². The van der Waals surface area contributed by atoms with Crippen molar-refractivity contribution in [2.75, 3.05) is 18.9 Å². The van der Waals surface area contributed by atoms with Gasteiger partial charge in [-0.15, -0.1) is 0 Å². The third-order valence-corrected chi connectivity index (χ3v) is 12.8. The van der Waals surface area contributed by atoms with E-state index in [1.807, 2.05) is 0 Å². The lowest BCUT2D eigenvalue weighted by Crippen LogP contribution is -2.69. The number of alkyl halides is 1. The molecule has 17 heteroatoms. The average molecular weight is 698 g/mol. The Bertz CT molecular complexity index is 1690. The summed E-state index contributed by atoms with van der Waals surface area (Å²) >= 11 is 0. The molecule has 2 heterocycles. The smallest absolute Gasteiger partial charge is 0.390 e. The second-order valence-corrected chi connectivity index (χ2v) is 15.7. The van der Waals surface area contributed by atoms with Crippen LogP contribution in [-0.2, 0) is 27.9 Å². The lowest BCUT2D eigenvalue weighted by atomic mass is 9.44. The molecule has 0 spiro atoms. The van der Waals surface area contributed by atoms with E-state index in [0.717, 1.165) is 4.57 Å². The number of carbonyl (C=O) groups excluding carboxylic acids is 2. The molecule has 13 atom stereocenters. The molecular formula is C31H41FN3O12P. The maximum Gasteiger partial charge on any atom is 0.472 e. The Labute approximate surface area is 274 Å². The summed E-state index contributed by atoms with van der Waals surface area (Å²) in [6.45, 7) is 3.04. The number of nitrogens with two attached hydrogens (primary N) is 1. The SMILES string of the molecule is C[C@@H]1C[C@H]2[C@@H]3CCC4=CC(=O)C=C[C@]4(C)[C@@]3(F)[C@@H](O)C[C@]2(C)[C@@]1(O)C(=O)COP(=O)(O)OC[C@H]1O[C@@H](n2ccc(N)nc2=O)[C@@H](O)[C@@H]1O. The minimum absolute atomic E-state index is 0.0802. The van der Waals surface area contributed by atoms with Gasteiger partial charge in [-0.3, -0.25) is 23.2 Å². The standard InChI is InChI=1S/C31H41FN3O12P/c1-15-10-19-18-5-4-16-11-17(36)6-8-28(16,2)30(18,32)21(37)12-29(19,3)31(15,42)22(38)14-46-48(43,44)45-13-20-24(39)25(40)26(47-20)35-9-7-23(33)34-27(35)41/h6-9,11,15,18-21,24-26,37,39-40,42H,4-5,10,12-14H2,1-3H3,(H,43,44)(H2,33,34,41)/t15-,18+,19+,20-,21+,24-,25+,26-,28+,29+,30+,31+/m1/s1. The van der Waals surface area contributed by atoms with Crippen LogP contribution in [0.5, 0.6) is 0 Å². The maximum atomic E-state index is 17.4. The fraction of sp³-hybridized carbons (Fsp3) is 0.677. The number of phosphoric ester groups is 1. The fourth-order valence-corrected chi connectivity index (χ4v) is 10.0. The van der Waals surface area contributed by atoms with E-state index in [4.69, 9.17) is 19.5 Å². The van der Waals surface area contributed by atoms with Crippen molar-refractivity contribution in [3.63, 3.8) is 0 Å². The maximum absolute atomic E-state index is 17.4. The second-order valence-electron chi connectivity index (χ2n) is 14.2. The van der Waals surface area contributed by atoms with Gasteiger partial charge in [0.05, 0.1) is 12.7 Å². The molecule has 0 amide bonds. The first kappa shape index (κ1) is 35.2. The van der Waals surface area contributed by atoms with E-state index < -0.39 is 103 Å². The van der Waals surface area contributed by atoms with Gasteiger partial charge in [0.2, 0.25) is 0 Å². The zero-order valence-corrected chi connectivity index (χ0v) is 27.5. The number of phosphoric acid groups is 1. The molecule has 4 aliphatic carbocycles. The summed E-state index contributed by atoms with van der Waals surface area (Å²) in [5, 5.41) is 44.4. The summed E-state index contributed by atoms with van der Waals surface area (Å²) in [4.78, 5) is 51.9. The van der Waals surface area contributed by atoms with Crippen LogP contribution in [0.25, 0.3) is 0 Å². The molecule has 48 heavy (non-hydrogen) atoms. The van der Waals surface area contributed by atoms with Gasteiger partial charge in [-0.2, -0.15) is 4.98 Å². The fourth-order valence-electron chi connectivity index (χ4n) is 9.31. The van der Waals surface area contributed by atoms with Crippen molar-refractivity contribution in [2.45, 2.75) is 88.4 Å². The van der Waals surface area contributed by atoms with Crippen LogP contribution in [0, 0.1) is 28.6 Å². The molecule has 1 aromatic rings. The molecule has 1 unspecified atom stereocenters. The Morgan fingerprint density at radius 1 is 1.21 bits per heavy atom. The molecule has 0 bridgehead atoms. The van der Waals surface area contributed by atoms with E-state index >= 15 is 4.39 Å². The highest BCUT2D eigenvalue weighted by Gasteiger charge is 2.75. The van der Waals surface area contributed by atoms with Gasteiger partial charge in [0, 0.05) is 22.9 Å². The van der Waals surface area contributed by atoms with E-state index in [9.17, 15) is 44.3 Å². The predicted octanol–water partition coefficient (Wildman–Crippen LogP) is 0.495. The highest BCUT2D eigenvalue weighted by molar-refractivity contribution is 7.47. The quantitative estimate of drug-likeness (QED) is 0.203. The molecule has 5 aliphatic rings. The first-order chi connectivity index (χ1) is 22.3. The van der Waals surface area contributed by atoms with Gasteiger partial charge >= 0.3 is 13.5 Å². The summed E-state index contributed by atoms with van der Waals surface area (Å²) in [6, 6.07) is 1.27. The van der Waals surface area contributed by atoms with Crippen molar-refractivity contribution in [3.05, 3.63) is 46.5 Å². The number of aliphatic hydroxyl groups is 4. The highest BCUT2D eigenvalue weighted by Crippen LogP contribution is 2.70. The third-order valence-electron chi connectivity index (χ3n) is 11.9. The summed E-state index contributed by atoms with van der Waals surface area (Å²) in [7, 11) is -5.03. The number of halogens is 1. The zero-order valence-electron chi connectivity index (χ0n) is 26.6. The van der Waals surface area contributed by atoms with E-state index in [1.54, 1.807) is 20.8 Å². The third kappa shape index (κ3) is 5.03. The molecule has 264 valence electrons. The van der Waals surface area contributed by atoms with Crippen LogP contribution < -0.4 is 11.4 Å². The van der Waals surface area contributed by atoms with Gasteiger partial charge < -0.3 is 35.8 Å². The number of nitrogens with zero attached hydrogens (tertiary/aromatic N) is 2. The molecule has 1 aliphatic heterocycles. The van der Waals surface area contributed by atoms with Gasteiger partial charge in [0.15, 0.2) is 23.5 Å². The number of carbonyl (C=O) groups is 2. The van der Waals surface area contributed by atoms with Crippen molar-refractivity contribution in [1.82, 2.24) is 9.55 Å². The number of anilines is 1. The lowest BCUT2D eigenvalue weighted by molar-refractivity contribution is -0.219. The van der Waals surface area contributed by atoms with Crippen LogP contribution in [0.3, 0.4) is 0 Å². The van der Waals surface area contributed by atoms with Crippen LogP contribution in [-0.4, -0.2) is 95.3 Å². The number of hydrogen-bond acceptors (Lipinski definition) is 13. The van der Waals surface area contributed by atoms with E-state index in [-0.39, 0.29) is 30.9 Å². The van der Waals surface area contributed by atoms with Crippen molar-refractivity contribution in [1.29, 1.82) is 0 Å². The second kappa shape index (κ2) is 11.7. The number of allylic oxidation sites excluding steroid dienone is 4. The minimum Gasteiger partial charge on any atom is -0.390 e. The summed E-state index contributed by atoms with van der Waals surface area (Å²) in [5.74, 6) is -3.34. The molecule has 1 saturated heterocycles. The largest absolute Gasteiger partial charge is 0.472 e. The molecule has 4 fully saturated rings. The topological polar surface area (TPSA) is 241 Å². The molecule has 15 nitrogen and oxygen atoms in total. The summed E-state index contributed by atoms with van der Waals surface area (Å²) < 4.78 is 46.5. The van der Waals surface area contributed by atoms with Crippen LogP contribution in [0.4, 0.5) is 10.2 Å². The highest BCUT2D eigenvalue weighted by atomic mass is 31.2. The summed E-state index contributed by atoms with van der Waals surface area (Å²) in [5.41, 5.74) is -1.73. The molecule has 0 aromatic carbocycles. The molecule has 0 radical (unpaired) electrons. The molecule has 1 aromatic heterocycles. The number of aromatic nitrogens is 2. The summed E-state index contributed by atoms with van der Waals surface area (Å²) in [6.07, 6.45) is -1.66. The number of rotatable bonds is 8. The minimum atomic E-state index is -5.03. The Kier molecular flexibility index (Phi) is 8.58. The van der Waals surface area contributed by atoms with E-state index in [0.29, 0.717) is 12.0 Å². The van der Waals surface area contributed by atoms with Crippen molar-refractivity contribution in [2.24, 2.45) is 28.6 Å². The van der Waals surface area contributed by atoms with Gasteiger partial charge in [0.1, 0.15) is 36.3 Å². The van der Waals surface area contributed by atoms with Crippen molar-refractivity contribution < 1.29 is 57.6 Å². The number of Topliss-reactive ketones (excluding diaryl/α,β-unsaturated/α-hetero) is 1. The Morgan fingerprint density at radius 2 is 1.92 bits per heavy atom. The first-order valence-electron chi connectivity index (χ1n) is 15.8. The molecule has 6 rings (SSSR count). The monoisotopic (exact) mass is 697 g/mol. The lowest BCUT2D eigenvalue weighted by Gasteiger charge is -2.62. The Morgan fingerprint density at radius 3 is 2.60 bits per heavy atom. The number of ketones is 2. The van der Waals surface area contributed by atoms with Crippen LogP contribution in [0.2, 0.25) is 0 Å². The van der Waals surface area contributed by atoms with Gasteiger partial charge in [0.25, 0.3) is 0 Å². The number of hydrogen-bond donors (Lipinski definition) is 6. The van der Waals surface area contributed by atoms with E-state index in [1.165, 1.54) is 30.5 Å². The van der Waals surface area contributed by atoms with Crippen LogP contribution in [0.15, 0.2) is 40.9 Å². The van der Waals surface area contributed by atoms with Crippen LogP contribution in [0.1, 0.15) is 52.7 Å². The Hall–Kier alpha value is -2.66.